The Morgan fingerprint density at radius 3 is 2.66 bits per heavy atom. The molecule has 2 fully saturated rings. The number of hydrogen-bond acceptors (Lipinski definition) is 7. The van der Waals surface area contributed by atoms with Crippen LogP contribution in [0.5, 0.6) is 6.01 Å². The highest BCUT2D eigenvalue weighted by Crippen LogP contribution is 2.48. The number of aryl methyl sites for hydroxylation is 1. The number of anilines is 1. The summed E-state index contributed by atoms with van der Waals surface area (Å²) in [4.78, 5) is 26.8. The zero-order valence-corrected chi connectivity index (χ0v) is 23.1. The van der Waals surface area contributed by atoms with E-state index >= 15 is 0 Å². The molecular formula is C30H41N5O3. The third-order valence-electron chi connectivity index (χ3n) is 8.68. The first-order chi connectivity index (χ1) is 18.3. The molecule has 2 saturated heterocycles. The standard InChI is InChI=1S/C30H41N5O3/c1-29(2,3)38-28(36)35-17-15-34(16-18-35)26-23-11-13-30(12-10-21-7-4-5-9-24(21)30)19-25(23)32-27(33-26)37-20-22-8-6-14-31-22/h4-5,7,9,22,31H,6,8,10-20H2,1-3H3/t22-,30?/m0/s1. The zero-order chi connectivity index (χ0) is 26.3. The number of carbonyl (C=O) groups excluding carboxylic acids is 1. The molecule has 2 atom stereocenters. The second kappa shape index (κ2) is 10.0. The first-order valence-electron chi connectivity index (χ1n) is 14.4. The molecule has 1 unspecified atom stereocenters. The van der Waals surface area contributed by atoms with Crippen molar-refractivity contribution in [2.45, 2.75) is 82.8 Å². The van der Waals surface area contributed by atoms with E-state index in [1.807, 2.05) is 25.7 Å². The van der Waals surface area contributed by atoms with Gasteiger partial charge in [-0.3, -0.25) is 0 Å². The van der Waals surface area contributed by atoms with Crippen molar-refractivity contribution in [2.24, 2.45) is 0 Å². The van der Waals surface area contributed by atoms with Gasteiger partial charge in [0.1, 0.15) is 18.0 Å². The molecule has 1 spiro atoms. The maximum atomic E-state index is 12.6. The Kier molecular flexibility index (Phi) is 6.70. The lowest BCUT2D eigenvalue weighted by Crippen LogP contribution is -2.50. The molecule has 3 heterocycles. The number of benzene rings is 1. The highest BCUT2D eigenvalue weighted by atomic mass is 16.6. The summed E-state index contributed by atoms with van der Waals surface area (Å²) in [5.74, 6) is 0.995. The van der Waals surface area contributed by atoms with E-state index in [1.54, 1.807) is 0 Å². The second-order valence-electron chi connectivity index (χ2n) is 12.4. The third-order valence-corrected chi connectivity index (χ3v) is 8.68. The molecule has 0 bridgehead atoms. The van der Waals surface area contributed by atoms with E-state index in [0.717, 1.165) is 63.3 Å². The van der Waals surface area contributed by atoms with Gasteiger partial charge in [0.05, 0.1) is 5.69 Å². The van der Waals surface area contributed by atoms with E-state index in [2.05, 4.69) is 34.5 Å². The molecule has 1 amide bonds. The van der Waals surface area contributed by atoms with Crippen LogP contribution in [0.3, 0.4) is 0 Å². The number of rotatable bonds is 4. The number of hydrogen-bond donors (Lipinski definition) is 1. The van der Waals surface area contributed by atoms with Gasteiger partial charge in [0, 0.05) is 43.2 Å². The fourth-order valence-corrected chi connectivity index (χ4v) is 6.71. The molecule has 0 radical (unpaired) electrons. The number of carbonyl (C=O) groups is 1. The quantitative estimate of drug-likeness (QED) is 0.653. The summed E-state index contributed by atoms with van der Waals surface area (Å²) in [6, 6.07) is 9.82. The molecular weight excluding hydrogens is 478 g/mol. The molecule has 2 aromatic rings. The van der Waals surface area contributed by atoms with Crippen LogP contribution in [0.4, 0.5) is 10.6 Å². The van der Waals surface area contributed by atoms with Crippen LogP contribution in [0.15, 0.2) is 24.3 Å². The van der Waals surface area contributed by atoms with Crippen molar-refractivity contribution < 1.29 is 14.3 Å². The summed E-state index contributed by atoms with van der Waals surface area (Å²) >= 11 is 0. The van der Waals surface area contributed by atoms with E-state index in [-0.39, 0.29) is 11.5 Å². The Labute approximate surface area is 226 Å². The maximum Gasteiger partial charge on any atom is 0.410 e. The Bertz CT molecular complexity index is 1180. The van der Waals surface area contributed by atoms with Crippen molar-refractivity contribution in [1.82, 2.24) is 20.2 Å². The first kappa shape index (κ1) is 25.4. The largest absolute Gasteiger partial charge is 0.462 e. The number of ether oxygens (including phenoxy) is 2. The van der Waals surface area contributed by atoms with Crippen LogP contribution >= 0.6 is 0 Å². The molecule has 2 aliphatic heterocycles. The Balaban J connectivity index is 1.25. The second-order valence-corrected chi connectivity index (χ2v) is 12.4. The minimum atomic E-state index is -0.491. The summed E-state index contributed by atoms with van der Waals surface area (Å²) < 4.78 is 11.8. The van der Waals surface area contributed by atoms with Crippen molar-refractivity contribution in [2.75, 3.05) is 44.2 Å². The average Bonchev–Trinajstić information content (AvgIpc) is 3.55. The van der Waals surface area contributed by atoms with Crippen LogP contribution < -0.4 is 15.0 Å². The van der Waals surface area contributed by atoms with Gasteiger partial charge >= 0.3 is 12.1 Å². The molecule has 6 rings (SSSR count). The Morgan fingerprint density at radius 1 is 1.11 bits per heavy atom. The minimum Gasteiger partial charge on any atom is -0.462 e. The molecule has 1 aromatic heterocycles. The lowest BCUT2D eigenvalue weighted by molar-refractivity contribution is 0.0240. The predicted molar refractivity (Wildman–Crippen MR) is 147 cm³/mol. The lowest BCUT2D eigenvalue weighted by atomic mass is 9.69. The number of nitrogens with one attached hydrogen (secondary N) is 1. The van der Waals surface area contributed by atoms with E-state index in [9.17, 15) is 4.79 Å². The number of fused-ring (bicyclic) bond motifs is 3. The van der Waals surface area contributed by atoms with Crippen LogP contribution in [0.2, 0.25) is 0 Å². The van der Waals surface area contributed by atoms with Crippen LogP contribution in [0.1, 0.15) is 68.8 Å². The van der Waals surface area contributed by atoms with Crippen LogP contribution in [0.25, 0.3) is 0 Å². The fraction of sp³-hybridized carbons (Fsp3) is 0.633. The molecule has 8 heteroatoms. The topological polar surface area (TPSA) is 79.8 Å². The van der Waals surface area contributed by atoms with Gasteiger partial charge in [0.2, 0.25) is 0 Å². The van der Waals surface area contributed by atoms with Crippen molar-refractivity contribution in [3.63, 3.8) is 0 Å². The molecule has 4 aliphatic rings. The van der Waals surface area contributed by atoms with Crippen LogP contribution in [-0.4, -0.2) is 71.9 Å². The summed E-state index contributed by atoms with van der Waals surface area (Å²) in [6.07, 6.45) is 7.43. The predicted octanol–water partition coefficient (Wildman–Crippen LogP) is 4.04. The highest BCUT2D eigenvalue weighted by Gasteiger charge is 2.43. The summed E-state index contributed by atoms with van der Waals surface area (Å²) in [5, 5.41) is 3.51. The van der Waals surface area contributed by atoms with E-state index in [4.69, 9.17) is 19.4 Å². The van der Waals surface area contributed by atoms with Gasteiger partial charge in [-0.05, 0) is 83.4 Å². The van der Waals surface area contributed by atoms with Gasteiger partial charge in [-0.15, -0.1) is 0 Å². The molecule has 38 heavy (non-hydrogen) atoms. The number of piperazine rings is 1. The smallest absolute Gasteiger partial charge is 0.410 e. The summed E-state index contributed by atoms with van der Waals surface area (Å²) in [7, 11) is 0. The van der Waals surface area contributed by atoms with Crippen molar-refractivity contribution >= 4 is 11.9 Å². The monoisotopic (exact) mass is 519 g/mol. The SMILES string of the molecule is CC(C)(C)OC(=O)N1CCN(c2nc(OC[C@@H]3CCCN3)nc3c2CCC2(CCc4ccccc42)C3)CC1. The van der Waals surface area contributed by atoms with Crippen molar-refractivity contribution in [3.8, 4) is 6.01 Å². The Hall–Kier alpha value is -2.87. The molecule has 204 valence electrons. The summed E-state index contributed by atoms with van der Waals surface area (Å²) in [6.45, 7) is 10.1. The zero-order valence-electron chi connectivity index (χ0n) is 23.1. The van der Waals surface area contributed by atoms with E-state index in [0.29, 0.717) is 31.7 Å². The number of aromatic nitrogens is 2. The minimum absolute atomic E-state index is 0.162. The first-order valence-corrected chi connectivity index (χ1v) is 14.4. The molecule has 2 aliphatic carbocycles. The molecule has 8 nitrogen and oxygen atoms in total. The van der Waals surface area contributed by atoms with Crippen molar-refractivity contribution in [1.29, 1.82) is 0 Å². The lowest BCUT2D eigenvalue weighted by Gasteiger charge is -2.39. The maximum absolute atomic E-state index is 12.6. The van der Waals surface area contributed by atoms with Gasteiger partial charge < -0.3 is 24.6 Å². The van der Waals surface area contributed by atoms with Crippen LogP contribution in [0, 0.1) is 0 Å². The van der Waals surface area contributed by atoms with Gasteiger partial charge in [-0.2, -0.15) is 9.97 Å². The van der Waals surface area contributed by atoms with Gasteiger partial charge in [0.15, 0.2) is 0 Å². The normalized spacial score (nSPS) is 24.9. The van der Waals surface area contributed by atoms with Gasteiger partial charge in [-0.1, -0.05) is 24.3 Å². The van der Waals surface area contributed by atoms with E-state index < -0.39 is 5.60 Å². The molecule has 1 N–H and O–H groups in total. The molecule has 1 aromatic carbocycles. The Morgan fingerprint density at radius 2 is 1.89 bits per heavy atom. The van der Waals surface area contributed by atoms with Crippen LogP contribution in [-0.2, 0) is 29.4 Å². The number of nitrogens with zero attached hydrogens (tertiary/aromatic N) is 4. The summed E-state index contributed by atoms with van der Waals surface area (Å²) in [5.41, 5.74) is 5.07. The fourth-order valence-electron chi connectivity index (χ4n) is 6.71. The van der Waals surface area contributed by atoms with E-state index in [1.165, 1.54) is 29.5 Å². The number of amides is 1. The molecule has 0 saturated carbocycles. The van der Waals surface area contributed by atoms with Gasteiger partial charge in [0.25, 0.3) is 0 Å². The van der Waals surface area contributed by atoms with Gasteiger partial charge in [-0.25, -0.2) is 4.79 Å². The van der Waals surface area contributed by atoms with Crippen molar-refractivity contribution in [3.05, 3.63) is 46.6 Å². The highest BCUT2D eigenvalue weighted by molar-refractivity contribution is 5.68. The third kappa shape index (κ3) is 5.07. The average molecular weight is 520 g/mol.